The first-order chi connectivity index (χ1) is 10.9. The zero-order valence-electron chi connectivity index (χ0n) is 13.9. The predicted molar refractivity (Wildman–Crippen MR) is 90.2 cm³/mol. The Hall–Kier alpha value is -1.88. The average molecular weight is 318 g/mol. The number of benzene rings is 1. The van der Waals surface area contributed by atoms with Crippen molar-refractivity contribution in [1.82, 2.24) is 5.32 Å². The van der Waals surface area contributed by atoms with Crippen LogP contribution in [0, 0.1) is 13.8 Å². The Bertz CT molecular complexity index is 576. The summed E-state index contributed by atoms with van der Waals surface area (Å²) in [4.78, 5) is 24.0. The van der Waals surface area contributed by atoms with E-state index in [1.807, 2.05) is 26.0 Å². The minimum atomic E-state index is -0.883. The molecule has 0 bridgehead atoms. The predicted octanol–water partition coefficient (Wildman–Crippen LogP) is 2.44. The van der Waals surface area contributed by atoms with Crippen molar-refractivity contribution in [2.75, 3.05) is 11.9 Å². The molecule has 1 aromatic rings. The maximum Gasteiger partial charge on any atom is 0.313 e. The molecule has 1 aliphatic rings. The van der Waals surface area contributed by atoms with Crippen molar-refractivity contribution in [2.45, 2.75) is 58.0 Å². The molecule has 2 amide bonds. The summed E-state index contributed by atoms with van der Waals surface area (Å²) < 4.78 is 0. The van der Waals surface area contributed by atoms with Crippen molar-refractivity contribution in [1.29, 1.82) is 0 Å². The van der Waals surface area contributed by atoms with Gasteiger partial charge in [-0.15, -0.1) is 0 Å². The number of hydrogen-bond donors (Lipinski definition) is 3. The Kier molecular flexibility index (Phi) is 5.77. The smallest absolute Gasteiger partial charge is 0.313 e. The maximum absolute atomic E-state index is 12.0. The Morgan fingerprint density at radius 2 is 1.74 bits per heavy atom. The van der Waals surface area contributed by atoms with E-state index in [1.54, 1.807) is 6.07 Å². The highest BCUT2D eigenvalue weighted by molar-refractivity contribution is 6.39. The van der Waals surface area contributed by atoms with Crippen molar-refractivity contribution in [3.63, 3.8) is 0 Å². The third-order valence-corrected chi connectivity index (χ3v) is 4.67. The topological polar surface area (TPSA) is 78.4 Å². The quantitative estimate of drug-likeness (QED) is 0.592. The molecule has 23 heavy (non-hydrogen) atoms. The maximum atomic E-state index is 12.0. The summed E-state index contributed by atoms with van der Waals surface area (Å²) in [5.41, 5.74) is 1.75. The molecule has 126 valence electrons. The first kappa shape index (κ1) is 17.5. The molecule has 5 nitrogen and oxygen atoms in total. The number of nitrogens with one attached hydrogen (secondary N) is 2. The highest BCUT2D eigenvalue weighted by Gasteiger charge is 2.29. The zero-order valence-corrected chi connectivity index (χ0v) is 13.9. The lowest BCUT2D eigenvalue weighted by atomic mass is 9.94. The summed E-state index contributed by atoms with van der Waals surface area (Å²) in [7, 11) is 0. The van der Waals surface area contributed by atoms with Gasteiger partial charge < -0.3 is 15.7 Å². The molecule has 1 aromatic carbocycles. The molecule has 0 aromatic heterocycles. The van der Waals surface area contributed by atoms with E-state index >= 15 is 0 Å². The molecule has 3 N–H and O–H groups in total. The molecule has 0 saturated heterocycles. The van der Waals surface area contributed by atoms with Gasteiger partial charge >= 0.3 is 11.8 Å². The van der Waals surface area contributed by atoms with Crippen molar-refractivity contribution in [2.24, 2.45) is 0 Å². The minimum Gasteiger partial charge on any atom is -0.388 e. The van der Waals surface area contributed by atoms with Crippen LogP contribution in [0.4, 0.5) is 5.69 Å². The van der Waals surface area contributed by atoms with Gasteiger partial charge in [0.2, 0.25) is 0 Å². The summed E-state index contributed by atoms with van der Waals surface area (Å²) in [6, 6.07) is 5.56. The number of carbonyl (C=O) groups excluding carboxylic acids is 2. The lowest BCUT2D eigenvalue weighted by Gasteiger charge is -2.26. The summed E-state index contributed by atoms with van der Waals surface area (Å²) in [5.74, 6) is -1.40. The van der Waals surface area contributed by atoms with Crippen molar-refractivity contribution in [3.8, 4) is 0 Å². The van der Waals surface area contributed by atoms with Gasteiger partial charge in [0, 0.05) is 12.2 Å². The molecule has 0 unspecified atom stereocenters. The van der Waals surface area contributed by atoms with Gasteiger partial charge in [-0.2, -0.15) is 0 Å². The van der Waals surface area contributed by atoms with E-state index in [9.17, 15) is 14.7 Å². The highest BCUT2D eigenvalue weighted by atomic mass is 16.3. The number of rotatable bonds is 3. The molecule has 0 aliphatic heterocycles. The summed E-state index contributed by atoms with van der Waals surface area (Å²) >= 11 is 0. The average Bonchev–Trinajstić information content (AvgIpc) is 2.74. The second kappa shape index (κ2) is 7.59. The molecule has 0 atom stereocenters. The largest absolute Gasteiger partial charge is 0.388 e. The van der Waals surface area contributed by atoms with E-state index in [4.69, 9.17) is 0 Å². The van der Waals surface area contributed by atoms with Crippen LogP contribution in [0.5, 0.6) is 0 Å². The van der Waals surface area contributed by atoms with Crippen molar-refractivity contribution >= 4 is 17.5 Å². The van der Waals surface area contributed by atoms with Gasteiger partial charge in [0.05, 0.1) is 5.60 Å². The number of aliphatic hydroxyl groups is 1. The van der Waals surface area contributed by atoms with Gasteiger partial charge in [-0.3, -0.25) is 9.59 Å². The van der Waals surface area contributed by atoms with Crippen LogP contribution >= 0.6 is 0 Å². The van der Waals surface area contributed by atoms with E-state index < -0.39 is 17.4 Å². The van der Waals surface area contributed by atoms with Crippen LogP contribution < -0.4 is 10.6 Å². The third kappa shape index (κ3) is 4.79. The van der Waals surface area contributed by atoms with E-state index in [2.05, 4.69) is 10.6 Å². The number of amides is 2. The molecule has 5 heteroatoms. The first-order valence-corrected chi connectivity index (χ1v) is 8.29. The van der Waals surface area contributed by atoms with Gasteiger partial charge in [0.25, 0.3) is 0 Å². The Balaban J connectivity index is 1.90. The molecule has 2 rings (SSSR count). The lowest BCUT2D eigenvalue weighted by Crippen LogP contribution is -2.46. The Morgan fingerprint density at radius 3 is 2.39 bits per heavy atom. The first-order valence-electron chi connectivity index (χ1n) is 8.29. The monoisotopic (exact) mass is 318 g/mol. The van der Waals surface area contributed by atoms with Gasteiger partial charge in [-0.1, -0.05) is 37.8 Å². The van der Waals surface area contributed by atoms with Crippen molar-refractivity contribution < 1.29 is 14.7 Å². The summed E-state index contributed by atoms with van der Waals surface area (Å²) in [6.07, 6.45) is 5.49. The fourth-order valence-corrected chi connectivity index (χ4v) is 2.95. The molecule has 0 radical (unpaired) electrons. The number of anilines is 1. The number of aryl methyl sites for hydroxylation is 1. The lowest BCUT2D eigenvalue weighted by molar-refractivity contribution is -0.136. The SMILES string of the molecule is Cc1cccc(NC(=O)C(=O)NCC2(O)CCCCCC2)c1C. The van der Waals surface area contributed by atoms with E-state index in [0.29, 0.717) is 18.5 Å². The minimum absolute atomic E-state index is 0.131. The summed E-state index contributed by atoms with van der Waals surface area (Å²) in [5, 5.41) is 15.7. The van der Waals surface area contributed by atoms with Crippen LogP contribution in [0.2, 0.25) is 0 Å². The van der Waals surface area contributed by atoms with Crippen LogP contribution in [-0.2, 0) is 9.59 Å². The van der Waals surface area contributed by atoms with Gasteiger partial charge in [0.1, 0.15) is 0 Å². The molecule has 0 spiro atoms. The number of hydrogen-bond acceptors (Lipinski definition) is 3. The standard InChI is InChI=1S/C18H26N2O3/c1-13-8-7-9-15(14(13)2)20-17(22)16(21)19-12-18(23)10-5-3-4-6-11-18/h7-9,23H,3-6,10-12H2,1-2H3,(H,19,21)(H,20,22). The van der Waals surface area contributed by atoms with Crippen LogP contribution in [0.15, 0.2) is 18.2 Å². The second-order valence-corrected chi connectivity index (χ2v) is 6.52. The fraction of sp³-hybridized carbons (Fsp3) is 0.556. The molecule has 1 saturated carbocycles. The van der Waals surface area contributed by atoms with Crippen LogP contribution in [-0.4, -0.2) is 29.1 Å². The van der Waals surface area contributed by atoms with E-state index in [0.717, 1.165) is 36.8 Å². The van der Waals surface area contributed by atoms with Gasteiger partial charge in [0.15, 0.2) is 0 Å². The summed E-state index contributed by atoms with van der Waals surface area (Å²) in [6.45, 7) is 3.98. The second-order valence-electron chi connectivity index (χ2n) is 6.52. The van der Waals surface area contributed by atoms with Crippen LogP contribution in [0.1, 0.15) is 49.7 Å². The zero-order chi connectivity index (χ0) is 16.9. The normalized spacial score (nSPS) is 17.2. The van der Waals surface area contributed by atoms with E-state index in [1.165, 1.54) is 0 Å². The van der Waals surface area contributed by atoms with Crippen LogP contribution in [0.25, 0.3) is 0 Å². The molecule has 0 heterocycles. The molecule has 1 aliphatic carbocycles. The molecule has 1 fully saturated rings. The van der Waals surface area contributed by atoms with Crippen LogP contribution in [0.3, 0.4) is 0 Å². The molecular formula is C18H26N2O3. The third-order valence-electron chi connectivity index (χ3n) is 4.67. The Morgan fingerprint density at radius 1 is 1.09 bits per heavy atom. The number of carbonyl (C=O) groups is 2. The van der Waals surface area contributed by atoms with Crippen molar-refractivity contribution in [3.05, 3.63) is 29.3 Å². The Labute approximate surface area is 137 Å². The highest BCUT2D eigenvalue weighted by Crippen LogP contribution is 2.26. The fourth-order valence-electron chi connectivity index (χ4n) is 2.95. The van der Waals surface area contributed by atoms with E-state index in [-0.39, 0.29) is 6.54 Å². The molecular weight excluding hydrogens is 292 g/mol. The van der Waals surface area contributed by atoms with Gasteiger partial charge in [-0.25, -0.2) is 0 Å². The van der Waals surface area contributed by atoms with Gasteiger partial charge in [-0.05, 0) is 43.9 Å².